The van der Waals surface area contributed by atoms with Crippen molar-refractivity contribution < 1.29 is 4.79 Å². The second-order valence-corrected chi connectivity index (χ2v) is 5.48. The number of hydrogen-bond acceptors (Lipinski definition) is 2. The van der Waals surface area contributed by atoms with Crippen molar-refractivity contribution in [2.75, 3.05) is 0 Å². The second-order valence-electron chi connectivity index (χ2n) is 5.48. The van der Waals surface area contributed by atoms with Gasteiger partial charge in [-0.05, 0) is 44.3 Å². The van der Waals surface area contributed by atoms with Crippen LogP contribution in [0.4, 0.5) is 0 Å². The number of allylic oxidation sites excluding steroid dienone is 4. The molecular weight excluding hydrogens is 186 g/mol. The first-order valence-electron chi connectivity index (χ1n) is 5.66. The third kappa shape index (κ3) is 1.99. The van der Waals surface area contributed by atoms with Gasteiger partial charge in [0, 0.05) is 17.2 Å². The molecule has 0 radical (unpaired) electrons. The first kappa shape index (κ1) is 10.5. The maximum absolute atomic E-state index is 10.8. The summed E-state index contributed by atoms with van der Waals surface area (Å²) in [6.45, 7) is 6.76. The molecule has 1 fully saturated rings. The largest absolute Gasteiger partial charge is 0.383 e. The van der Waals surface area contributed by atoms with Gasteiger partial charge in [-0.1, -0.05) is 13.0 Å². The van der Waals surface area contributed by atoms with Gasteiger partial charge in [0.2, 0.25) is 0 Å². The number of rotatable bonds is 1. The Morgan fingerprint density at radius 1 is 1.47 bits per heavy atom. The Morgan fingerprint density at radius 2 is 2.20 bits per heavy atom. The molecule has 2 rings (SSSR count). The Hall–Kier alpha value is -1.05. The molecule has 0 bridgehead atoms. The van der Waals surface area contributed by atoms with Crippen LogP contribution < -0.4 is 5.32 Å². The zero-order valence-corrected chi connectivity index (χ0v) is 9.71. The van der Waals surface area contributed by atoms with Gasteiger partial charge in [-0.3, -0.25) is 4.79 Å². The molecule has 0 aromatic carbocycles. The van der Waals surface area contributed by atoms with Crippen LogP contribution in [0.1, 0.15) is 33.6 Å². The predicted molar refractivity (Wildman–Crippen MR) is 61.3 cm³/mol. The average Bonchev–Trinajstić information content (AvgIpc) is 2.15. The topological polar surface area (TPSA) is 29.1 Å². The number of piperidine rings is 1. The minimum absolute atomic E-state index is 0.189. The maximum atomic E-state index is 10.8. The summed E-state index contributed by atoms with van der Waals surface area (Å²) in [5.41, 5.74) is 2.43. The molecular formula is C13H19NO. The molecule has 2 unspecified atom stereocenters. The van der Waals surface area contributed by atoms with E-state index < -0.39 is 0 Å². The van der Waals surface area contributed by atoms with Crippen LogP contribution in [0.5, 0.6) is 0 Å². The van der Waals surface area contributed by atoms with Crippen LogP contribution in [-0.4, -0.2) is 11.8 Å². The molecule has 1 aliphatic heterocycles. The summed E-state index contributed by atoms with van der Waals surface area (Å²) in [7, 11) is 0. The summed E-state index contributed by atoms with van der Waals surface area (Å²) in [4.78, 5) is 10.8. The molecule has 2 atom stereocenters. The van der Waals surface area contributed by atoms with E-state index in [0.717, 1.165) is 18.3 Å². The molecule has 1 saturated heterocycles. The first-order chi connectivity index (χ1) is 7.02. The quantitative estimate of drug-likeness (QED) is 0.666. The molecule has 2 aliphatic rings. The minimum atomic E-state index is 0.189. The van der Waals surface area contributed by atoms with Gasteiger partial charge in [-0.2, -0.15) is 0 Å². The van der Waals surface area contributed by atoms with Gasteiger partial charge in [0.1, 0.15) is 6.29 Å². The molecule has 1 N–H and O–H groups in total. The van der Waals surface area contributed by atoms with E-state index in [1.54, 1.807) is 0 Å². The summed E-state index contributed by atoms with van der Waals surface area (Å²) in [6, 6.07) is 0. The van der Waals surface area contributed by atoms with Gasteiger partial charge >= 0.3 is 0 Å². The van der Waals surface area contributed by atoms with Gasteiger partial charge in [-0.15, -0.1) is 0 Å². The highest BCUT2D eigenvalue weighted by atomic mass is 16.1. The van der Waals surface area contributed by atoms with E-state index in [1.807, 2.05) is 6.08 Å². The summed E-state index contributed by atoms with van der Waals surface area (Å²) in [6.07, 6.45) is 7.08. The molecule has 0 aromatic heterocycles. The van der Waals surface area contributed by atoms with Crippen molar-refractivity contribution >= 4 is 6.29 Å². The van der Waals surface area contributed by atoms with E-state index in [-0.39, 0.29) is 5.54 Å². The number of fused-ring (bicyclic) bond motifs is 1. The van der Waals surface area contributed by atoms with E-state index in [2.05, 4.69) is 32.2 Å². The van der Waals surface area contributed by atoms with Gasteiger partial charge in [0.15, 0.2) is 0 Å². The zero-order chi connectivity index (χ0) is 11.1. The molecule has 0 aromatic rings. The van der Waals surface area contributed by atoms with Crippen LogP contribution in [0, 0.1) is 11.8 Å². The molecule has 2 heteroatoms. The highest BCUT2D eigenvalue weighted by molar-refractivity contribution is 5.74. The molecule has 0 saturated carbocycles. The fraction of sp³-hybridized carbons (Fsp3) is 0.615. The fourth-order valence-corrected chi connectivity index (χ4v) is 2.87. The third-order valence-corrected chi connectivity index (χ3v) is 3.49. The predicted octanol–water partition coefficient (Wildman–Crippen LogP) is 2.42. The number of aldehydes is 1. The van der Waals surface area contributed by atoms with Crippen molar-refractivity contribution in [1.29, 1.82) is 0 Å². The Bertz CT molecular complexity index is 338. The van der Waals surface area contributed by atoms with Crippen molar-refractivity contribution in [2.45, 2.75) is 39.2 Å². The lowest BCUT2D eigenvalue weighted by Gasteiger charge is -2.44. The Morgan fingerprint density at radius 3 is 2.87 bits per heavy atom. The lowest BCUT2D eigenvalue weighted by molar-refractivity contribution is -0.105. The van der Waals surface area contributed by atoms with Gasteiger partial charge < -0.3 is 5.32 Å². The fourth-order valence-electron chi connectivity index (χ4n) is 2.87. The smallest absolute Gasteiger partial charge is 0.146 e. The third-order valence-electron chi connectivity index (χ3n) is 3.49. The number of carbonyl (C=O) groups is 1. The molecule has 82 valence electrons. The number of carbonyl (C=O) groups excluding carboxylic acids is 1. The molecule has 15 heavy (non-hydrogen) atoms. The van der Waals surface area contributed by atoms with Crippen LogP contribution in [0.3, 0.4) is 0 Å². The Balaban J connectivity index is 2.26. The standard InChI is InChI=1S/C13H19NO/c1-9-7-13(2,3)14-12-5-4-10(8-15)6-11(9)12/h4-5,8-9,11,14H,6-7H2,1-3H3. The monoisotopic (exact) mass is 205 g/mol. The van der Waals surface area contributed by atoms with Crippen molar-refractivity contribution in [3.63, 3.8) is 0 Å². The molecule has 2 nitrogen and oxygen atoms in total. The lowest BCUT2D eigenvalue weighted by Crippen LogP contribution is -2.48. The summed E-state index contributed by atoms with van der Waals surface area (Å²) >= 11 is 0. The minimum Gasteiger partial charge on any atom is -0.383 e. The normalized spacial score (nSPS) is 33.3. The molecule has 0 spiro atoms. The van der Waals surface area contributed by atoms with E-state index in [9.17, 15) is 4.79 Å². The van der Waals surface area contributed by atoms with Gasteiger partial charge in [0.05, 0.1) is 0 Å². The van der Waals surface area contributed by atoms with Crippen molar-refractivity contribution in [2.24, 2.45) is 11.8 Å². The van der Waals surface area contributed by atoms with Crippen LogP contribution >= 0.6 is 0 Å². The highest BCUT2D eigenvalue weighted by Crippen LogP contribution is 2.38. The van der Waals surface area contributed by atoms with Crippen molar-refractivity contribution in [3.05, 3.63) is 23.4 Å². The first-order valence-corrected chi connectivity index (χ1v) is 5.66. The Labute approximate surface area is 91.4 Å². The van der Waals surface area contributed by atoms with Crippen molar-refractivity contribution in [3.8, 4) is 0 Å². The second kappa shape index (κ2) is 3.51. The Kier molecular flexibility index (Phi) is 2.45. The van der Waals surface area contributed by atoms with Crippen LogP contribution in [0.2, 0.25) is 0 Å². The zero-order valence-electron chi connectivity index (χ0n) is 9.71. The summed E-state index contributed by atoms with van der Waals surface area (Å²) in [5, 5.41) is 3.57. The van der Waals surface area contributed by atoms with Gasteiger partial charge in [-0.25, -0.2) is 0 Å². The van der Waals surface area contributed by atoms with E-state index in [1.165, 1.54) is 12.1 Å². The van der Waals surface area contributed by atoms with E-state index in [0.29, 0.717) is 11.8 Å². The SMILES string of the molecule is CC1CC(C)(C)NC2=CC=C(C=O)CC21. The van der Waals surface area contributed by atoms with Crippen LogP contribution in [0.25, 0.3) is 0 Å². The lowest BCUT2D eigenvalue weighted by atomic mass is 9.73. The van der Waals surface area contributed by atoms with E-state index >= 15 is 0 Å². The molecule has 1 heterocycles. The molecule has 0 amide bonds. The van der Waals surface area contributed by atoms with Crippen molar-refractivity contribution in [1.82, 2.24) is 5.32 Å². The highest BCUT2D eigenvalue weighted by Gasteiger charge is 2.36. The summed E-state index contributed by atoms with van der Waals surface area (Å²) in [5.74, 6) is 1.17. The van der Waals surface area contributed by atoms with Crippen LogP contribution in [-0.2, 0) is 4.79 Å². The molecule has 1 aliphatic carbocycles. The van der Waals surface area contributed by atoms with Gasteiger partial charge in [0.25, 0.3) is 0 Å². The van der Waals surface area contributed by atoms with Crippen LogP contribution in [0.15, 0.2) is 23.4 Å². The number of hydrogen-bond donors (Lipinski definition) is 1. The van der Waals surface area contributed by atoms with E-state index in [4.69, 9.17) is 0 Å². The average molecular weight is 205 g/mol. The summed E-state index contributed by atoms with van der Waals surface area (Å²) < 4.78 is 0. The maximum Gasteiger partial charge on any atom is 0.146 e. The number of nitrogens with one attached hydrogen (secondary N) is 1.